The maximum Gasteiger partial charge on any atom is 0.253 e. The van der Waals surface area contributed by atoms with Gasteiger partial charge in [0.25, 0.3) is 5.56 Å². The van der Waals surface area contributed by atoms with E-state index in [1.807, 2.05) is 20.0 Å². The van der Waals surface area contributed by atoms with Crippen molar-refractivity contribution in [2.75, 3.05) is 20.2 Å². The van der Waals surface area contributed by atoms with Crippen LogP contribution in [0.4, 0.5) is 0 Å². The van der Waals surface area contributed by atoms with Gasteiger partial charge in [-0.3, -0.25) is 4.79 Å². The molecule has 0 aliphatic carbocycles. The Balaban J connectivity index is 2.22. The van der Waals surface area contributed by atoms with Crippen molar-refractivity contribution in [2.45, 2.75) is 25.7 Å². The SMILES string of the molecule is COc1cc(C2CCNCC2)cc2c1cc(C)c(=O)n2C. The van der Waals surface area contributed by atoms with Crippen molar-refractivity contribution < 1.29 is 4.74 Å². The summed E-state index contributed by atoms with van der Waals surface area (Å²) in [7, 11) is 3.53. The quantitative estimate of drug-likeness (QED) is 0.921. The molecule has 21 heavy (non-hydrogen) atoms. The highest BCUT2D eigenvalue weighted by molar-refractivity contribution is 5.87. The maximum atomic E-state index is 12.2. The van der Waals surface area contributed by atoms with Crippen molar-refractivity contribution in [1.29, 1.82) is 0 Å². The van der Waals surface area contributed by atoms with E-state index < -0.39 is 0 Å². The number of nitrogens with zero attached hydrogens (tertiary/aromatic N) is 1. The van der Waals surface area contributed by atoms with E-state index >= 15 is 0 Å². The molecule has 1 aliphatic heterocycles. The average Bonchev–Trinajstić information content (AvgIpc) is 2.53. The lowest BCUT2D eigenvalue weighted by atomic mass is 9.89. The van der Waals surface area contributed by atoms with Crippen LogP contribution in [0.2, 0.25) is 0 Å². The van der Waals surface area contributed by atoms with Crippen LogP contribution >= 0.6 is 0 Å². The fourth-order valence-electron chi connectivity index (χ4n) is 3.27. The summed E-state index contributed by atoms with van der Waals surface area (Å²) in [5, 5.41) is 4.40. The summed E-state index contributed by atoms with van der Waals surface area (Å²) in [4.78, 5) is 12.2. The molecule has 1 saturated heterocycles. The fourth-order valence-corrected chi connectivity index (χ4v) is 3.27. The first-order chi connectivity index (χ1) is 10.1. The van der Waals surface area contributed by atoms with E-state index in [-0.39, 0.29) is 5.56 Å². The van der Waals surface area contributed by atoms with E-state index in [2.05, 4.69) is 17.4 Å². The van der Waals surface area contributed by atoms with Gasteiger partial charge in [-0.05, 0) is 62.5 Å². The van der Waals surface area contributed by atoms with Gasteiger partial charge in [0.05, 0.1) is 12.6 Å². The van der Waals surface area contributed by atoms with Gasteiger partial charge in [-0.15, -0.1) is 0 Å². The van der Waals surface area contributed by atoms with Crippen molar-refractivity contribution in [3.8, 4) is 5.75 Å². The molecule has 3 rings (SSSR count). The summed E-state index contributed by atoms with van der Waals surface area (Å²) in [6.45, 7) is 3.96. The summed E-state index contributed by atoms with van der Waals surface area (Å²) in [5.41, 5.74) is 3.04. The number of aryl methyl sites for hydroxylation is 2. The highest BCUT2D eigenvalue weighted by atomic mass is 16.5. The molecule has 0 saturated carbocycles. The van der Waals surface area contributed by atoms with E-state index in [4.69, 9.17) is 4.74 Å². The van der Waals surface area contributed by atoms with Gasteiger partial charge < -0.3 is 14.6 Å². The van der Waals surface area contributed by atoms with Crippen molar-refractivity contribution >= 4 is 10.9 Å². The van der Waals surface area contributed by atoms with Gasteiger partial charge in [0, 0.05) is 18.0 Å². The molecular weight excluding hydrogens is 264 g/mol. The number of piperidine rings is 1. The van der Waals surface area contributed by atoms with Gasteiger partial charge in [-0.1, -0.05) is 0 Å². The molecule has 1 aliphatic rings. The van der Waals surface area contributed by atoms with Gasteiger partial charge in [-0.2, -0.15) is 0 Å². The Morgan fingerprint density at radius 2 is 1.95 bits per heavy atom. The molecule has 1 fully saturated rings. The zero-order valence-corrected chi connectivity index (χ0v) is 12.9. The van der Waals surface area contributed by atoms with Gasteiger partial charge in [0.2, 0.25) is 0 Å². The summed E-state index contributed by atoms with van der Waals surface area (Å²) in [6.07, 6.45) is 2.27. The fraction of sp³-hybridized carbons (Fsp3) is 0.471. The average molecular weight is 286 g/mol. The smallest absolute Gasteiger partial charge is 0.253 e. The lowest BCUT2D eigenvalue weighted by Crippen LogP contribution is -2.26. The van der Waals surface area contributed by atoms with Crippen LogP contribution in [0, 0.1) is 6.92 Å². The Bertz CT molecular complexity index is 728. The van der Waals surface area contributed by atoms with E-state index in [1.54, 1.807) is 11.7 Å². The van der Waals surface area contributed by atoms with Crippen LogP contribution in [-0.4, -0.2) is 24.8 Å². The van der Waals surface area contributed by atoms with E-state index in [9.17, 15) is 4.79 Å². The second-order valence-electron chi connectivity index (χ2n) is 5.87. The van der Waals surface area contributed by atoms with Crippen molar-refractivity contribution in [1.82, 2.24) is 9.88 Å². The van der Waals surface area contributed by atoms with Crippen molar-refractivity contribution in [3.05, 3.63) is 39.7 Å². The molecule has 2 heterocycles. The predicted molar refractivity (Wildman–Crippen MR) is 85.3 cm³/mol. The van der Waals surface area contributed by atoms with E-state index in [0.717, 1.165) is 48.1 Å². The Labute approximate surface area is 124 Å². The minimum Gasteiger partial charge on any atom is -0.496 e. The Kier molecular flexibility index (Phi) is 3.72. The molecular formula is C17H22N2O2. The number of methoxy groups -OCH3 is 1. The minimum absolute atomic E-state index is 0.0620. The highest BCUT2D eigenvalue weighted by Gasteiger charge is 2.18. The topological polar surface area (TPSA) is 43.3 Å². The molecule has 112 valence electrons. The molecule has 1 N–H and O–H groups in total. The minimum atomic E-state index is 0.0620. The standard InChI is InChI=1S/C17H22N2O2/c1-11-8-14-15(19(2)17(11)20)9-13(10-16(14)21-3)12-4-6-18-7-5-12/h8-10,12,18H,4-7H2,1-3H3. The first kappa shape index (κ1) is 14.1. The molecule has 4 nitrogen and oxygen atoms in total. The van der Waals surface area contributed by atoms with Crippen LogP contribution < -0.4 is 15.6 Å². The molecule has 4 heteroatoms. The Morgan fingerprint density at radius 3 is 2.62 bits per heavy atom. The van der Waals surface area contributed by atoms with E-state index in [1.165, 1.54) is 5.56 Å². The molecule has 0 atom stereocenters. The largest absolute Gasteiger partial charge is 0.496 e. The summed E-state index contributed by atoms with van der Waals surface area (Å²) in [6, 6.07) is 6.24. The normalized spacial score (nSPS) is 16.3. The Morgan fingerprint density at radius 1 is 1.24 bits per heavy atom. The number of aromatic nitrogens is 1. The lowest BCUT2D eigenvalue weighted by Gasteiger charge is -2.24. The number of rotatable bonds is 2. The number of benzene rings is 1. The molecule has 0 unspecified atom stereocenters. The third-order valence-electron chi connectivity index (χ3n) is 4.54. The third kappa shape index (κ3) is 2.44. The van der Waals surface area contributed by atoms with Crippen LogP contribution in [0.1, 0.15) is 29.9 Å². The van der Waals surface area contributed by atoms with Crippen LogP contribution in [0.5, 0.6) is 5.75 Å². The molecule has 1 aromatic heterocycles. The number of hydrogen-bond acceptors (Lipinski definition) is 3. The van der Waals surface area contributed by atoms with Crippen molar-refractivity contribution in [2.24, 2.45) is 7.05 Å². The van der Waals surface area contributed by atoms with Crippen LogP contribution in [0.15, 0.2) is 23.0 Å². The number of nitrogens with one attached hydrogen (secondary N) is 1. The second kappa shape index (κ2) is 5.53. The van der Waals surface area contributed by atoms with Crippen LogP contribution in [0.3, 0.4) is 0 Å². The van der Waals surface area contributed by atoms with E-state index in [0.29, 0.717) is 5.92 Å². The number of pyridine rings is 1. The summed E-state index contributed by atoms with van der Waals surface area (Å²) < 4.78 is 7.31. The molecule has 2 aromatic rings. The predicted octanol–water partition coefficient (Wildman–Crippen LogP) is 2.32. The lowest BCUT2D eigenvalue weighted by molar-refractivity contribution is 0.416. The first-order valence-corrected chi connectivity index (χ1v) is 7.51. The van der Waals surface area contributed by atoms with Gasteiger partial charge in [0.15, 0.2) is 0 Å². The number of hydrogen-bond donors (Lipinski definition) is 1. The third-order valence-corrected chi connectivity index (χ3v) is 4.54. The first-order valence-electron chi connectivity index (χ1n) is 7.51. The Hall–Kier alpha value is -1.81. The number of fused-ring (bicyclic) bond motifs is 1. The van der Waals surface area contributed by atoms with Crippen LogP contribution in [0.25, 0.3) is 10.9 Å². The van der Waals surface area contributed by atoms with Crippen LogP contribution in [-0.2, 0) is 7.05 Å². The molecule has 0 bridgehead atoms. The molecule has 0 radical (unpaired) electrons. The highest BCUT2D eigenvalue weighted by Crippen LogP contribution is 2.33. The molecule has 1 aromatic carbocycles. The summed E-state index contributed by atoms with van der Waals surface area (Å²) >= 11 is 0. The molecule has 0 spiro atoms. The maximum absolute atomic E-state index is 12.2. The zero-order chi connectivity index (χ0) is 15.0. The zero-order valence-electron chi connectivity index (χ0n) is 12.9. The molecule has 0 amide bonds. The monoisotopic (exact) mass is 286 g/mol. The van der Waals surface area contributed by atoms with Gasteiger partial charge >= 0.3 is 0 Å². The number of ether oxygens (including phenoxy) is 1. The second-order valence-corrected chi connectivity index (χ2v) is 5.87. The van der Waals surface area contributed by atoms with Gasteiger partial charge in [-0.25, -0.2) is 0 Å². The van der Waals surface area contributed by atoms with Gasteiger partial charge in [0.1, 0.15) is 5.75 Å². The van der Waals surface area contributed by atoms with Crippen molar-refractivity contribution in [3.63, 3.8) is 0 Å². The summed E-state index contributed by atoms with van der Waals surface area (Å²) in [5.74, 6) is 1.40.